The third-order valence-electron chi connectivity index (χ3n) is 3.26. The van der Waals surface area contributed by atoms with Crippen LogP contribution in [0.4, 0.5) is 0 Å². The Morgan fingerprint density at radius 3 is 0.950 bits per heavy atom. The molecule has 0 aliphatic heterocycles. The van der Waals surface area contributed by atoms with Gasteiger partial charge in [0.15, 0.2) is 4.75 Å². The smallest absolute Gasteiger partial charge is 0.324 e. The summed E-state index contributed by atoms with van der Waals surface area (Å²) in [5.41, 5.74) is 0. The van der Waals surface area contributed by atoms with Gasteiger partial charge in [0.2, 0.25) is 0 Å². The highest BCUT2D eigenvalue weighted by molar-refractivity contribution is 8.17. The molecule has 0 aromatic heterocycles. The van der Waals surface area contributed by atoms with Crippen LogP contribution < -0.4 is 0 Å². The minimum atomic E-state index is -2.04. The van der Waals surface area contributed by atoms with Gasteiger partial charge in [-0.05, 0) is 0 Å². The van der Waals surface area contributed by atoms with Gasteiger partial charge in [-0.15, -0.1) is 0 Å². The number of aliphatic carboxylic acids is 1. The van der Waals surface area contributed by atoms with Gasteiger partial charge in [0.1, 0.15) is 20.4 Å². The Bertz CT molecular complexity index is 424. The summed E-state index contributed by atoms with van der Waals surface area (Å²) in [5.74, 6) is -1.38. The van der Waals surface area contributed by atoms with E-state index in [2.05, 4.69) is 139 Å². The van der Waals surface area contributed by atoms with Crippen LogP contribution >= 0.6 is 139 Å². The van der Waals surface area contributed by atoms with Crippen molar-refractivity contribution < 1.29 is 9.90 Å². The van der Waals surface area contributed by atoms with E-state index in [0.717, 1.165) is 0 Å². The van der Waals surface area contributed by atoms with E-state index in [4.69, 9.17) is 0 Å². The van der Waals surface area contributed by atoms with Crippen molar-refractivity contribution in [1.82, 2.24) is 0 Å². The molecule has 1 aliphatic carbocycles. The first-order valence-electron chi connectivity index (χ1n) is 4.64. The maximum atomic E-state index is 11.8. The normalized spacial score (nSPS) is 31.6. The molecule has 1 fully saturated rings. The minimum Gasteiger partial charge on any atom is -0.480 e. The molecule has 0 atom stereocenters. The van der Waals surface area contributed by atoms with Crippen LogP contribution in [0.1, 0.15) is 0 Å². The highest BCUT2D eigenvalue weighted by Crippen LogP contribution is 2.75. The Balaban J connectivity index is 3.88. The van der Waals surface area contributed by atoms with Gasteiger partial charge < -0.3 is 5.11 Å². The molecule has 0 aromatic rings. The molecule has 0 radical (unpaired) electrons. The quantitative estimate of drug-likeness (QED) is 0.211. The maximum absolute atomic E-state index is 11.8. The van der Waals surface area contributed by atoms with Crippen molar-refractivity contribution in [2.75, 3.05) is 0 Å². The van der Waals surface area contributed by atoms with Crippen LogP contribution in [0.5, 0.6) is 0 Å². The van der Waals surface area contributed by atoms with Crippen molar-refractivity contribution in [3.05, 3.63) is 0 Å². The Morgan fingerprint density at radius 1 is 0.550 bits per heavy atom. The molecule has 0 bridgehead atoms. The number of thiol groups is 11. The van der Waals surface area contributed by atoms with Crippen molar-refractivity contribution in [3.8, 4) is 0 Å². The predicted molar refractivity (Wildman–Crippen MR) is 123 cm³/mol. The molecule has 1 saturated carbocycles. The lowest BCUT2D eigenvalue weighted by Gasteiger charge is -2.68. The van der Waals surface area contributed by atoms with E-state index in [1.165, 1.54) is 0 Å². The summed E-state index contributed by atoms with van der Waals surface area (Å²) in [4.78, 5) is 11.8. The SMILES string of the molecule is O=C(O)C1(S)C(S)(S)C(S)(S)C(S)(S)C(S)(S)C1(S)S. The number of carbonyl (C=O) groups is 1. The van der Waals surface area contributed by atoms with E-state index in [-0.39, 0.29) is 0 Å². The van der Waals surface area contributed by atoms with Crippen molar-refractivity contribution in [2.24, 2.45) is 0 Å². The van der Waals surface area contributed by atoms with Crippen molar-refractivity contribution in [3.63, 3.8) is 0 Å². The first kappa shape index (κ1) is 21.4. The molecule has 0 heterocycles. The molecular weight excluding hydrogens is 469 g/mol. The topological polar surface area (TPSA) is 37.3 Å². The number of carboxylic acids is 1. The van der Waals surface area contributed by atoms with Gasteiger partial charge in [0, 0.05) is 0 Å². The maximum Gasteiger partial charge on any atom is 0.324 e. The second-order valence-electron chi connectivity index (χ2n) is 4.38. The Kier molecular flexibility index (Phi) is 6.05. The lowest BCUT2D eigenvalue weighted by Crippen LogP contribution is -2.82. The third-order valence-corrected chi connectivity index (χ3v) is 14.4. The zero-order valence-corrected chi connectivity index (χ0v) is 19.1. The first-order chi connectivity index (χ1) is 8.44. The fourth-order valence-electron chi connectivity index (χ4n) is 1.77. The molecule has 0 unspecified atom stereocenters. The summed E-state index contributed by atoms with van der Waals surface area (Å²) < 4.78 is -10.2. The molecule has 0 saturated heterocycles. The van der Waals surface area contributed by atoms with Crippen LogP contribution in [0, 0.1) is 0 Å². The number of rotatable bonds is 1. The van der Waals surface area contributed by atoms with Crippen LogP contribution in [0.15, 0.2) is 0 Å². The van der Waals surface area contributed by atoms with E-state index < -0.39 is 31.1 Å². The zero-order valence-electron chi connectivity index (χ0n) is 9.27. The predicted octanol–water partition coefficient (Wildman–Crippen LogP) is 2.53. The van der Waals surface area contributed by atoms with E-state index >= 15 is 0 Å². The van der Waals surface area contributed by atoms with Crippen LogP contribution in [0.25, 0.3) is 0 Å². The van der Waals surface area contributed by atoms with E-state index in [9.17, 15) is 9.90 Å². The van der Waals surface area contributed by atoms with Gasteiger partial charge in [-0.25, -0.2) is 0 Å². The fraction of sp³-hybridized carbons (Fsp3) is 0.857. The van der Waals surface area contributed by atoms with Gasteiger partial charge in [-0.1, -0.05) is 0 Å². The van der Waals surface area contributed by atoms with Crippen LogP contribution in [0.3, 0.4) is 0 Å². The molecule has 1 N–H and O–H groups in total. The lowest BCUT2D eigenvalue weighted by molar-refractivity contribution is -0.140. The molecule has 20 heavy (non-hydrogen) atoms. The molecule has 1 rings (SSSR count). The first-order valence-corrected chi connectivity index (χ1v) is 9.56. The van der Waals surface area contributed by atoms with Gasteiger partial charge in [0.05, 0.1) is 0 Å². The van der Waals surface area contributed by atoms with E-state index in [0.29, 0.717) is 0 Å². The summed E-state index contributed by atoms with van der Waals surface area (Å²) >= 11 is 47.7. The number of carboxylic acid groups (broad SMARTS) is 1. The minimum absolute atomic E-state index is 1.38. The Morgan fingerprint density at radius 2 is 0.750 bits per heavy atom. The van der Waals surface area contributed by atoms with Gasteiger partial charge >= 0.3 is 5.97 Å². The second kappa shape index (κ2) is 5.66. The van der Waals surface area contributed by atoms with Crippen molar-refractivity contribution in [2.45, 2.75) is 25.1 Å². The van der Waals surface area contributed by atoms with Crippen LogP contribution in [-0.4, -0.2) is 36.2 Å². The third kappa shape index (κ3) is 2.20. The second-order valence-corrected chi connectivity index (χ2v) is 13.5. The summed E-state index contributed by atoms with van der Waals surface area (Å²) in [6, 6.07) is 0. The largest absolute Gasteiger partial charge is 0.480 e. The lowest BCUT2D eigenvalue weighted by atomic mass is 9.82. The summed E-state index contributed by atoms with van der Waals surface area (Å²) in [7, 11) is 0. The Labute approximate surface area is 178 Å². The highest BCUT2D eigenvalue weighted by atomic mass is 32.2. The molecule has 1 aliphatic rings. The zero-order chi connectivity index (χ0) is 16.6. The molecule has 0 aromatic carbocycles. The summed E-state index contributed by atoms with van der Waals surface area (Å²) in [6.07, 6.45) is 0. The van der Waals surface area contributed by atoms with Crippen LogP contribution in [-0.2, 0) is 4.79 Å². The highest BCUT2D eigenvalue weighted by Gasteiger charge is 2.83. The van der Waals surface area contributed by atoms with Crippen LogP contribution in [0.2, 0.25) is 0 Å². The summed E-state index contributed by atoms with van der Waals surface area (Å²) in [5, 5.41) is 9.65. The number of hydrogen-bond acceptors (Lipinski definition) is 12. The number of hydrogen-bond donors (Lipinski definition) is 12. The average Bonchev–Trinajstić information content (AvgIpc) is 2.24. The van der Waals surface area contributed by atoms with Gasteiger partial charge in [-0.3, -0.25) is 4.79 Å². The molecule has 0 amide bonds. The fourth-order valence-corrected chi connectivity index (χ4v) is 7.61. The Hall–Kier alpha value is 3.32. The molecular formula is C7H12O2S11. The monoisotopic (exact) mass is 480 g/mol. The van der Waals surface area contributed by atoms with E-state index in [1.54, 1.807) is 0 Å². The molecule has 118 valence electrons. The average molecular weight is 481 g/mol. The molecule has 2 nitrogen and oxygen atoms in total. The van der Waals surface area contributed by atoms with Crippen molar-refractivity contribution >= 4 is 145 Å². The molecule has 13 heteroatoms. The molecule has 0 spiro atoms. The van der Waals surface area contributed by atoms with E-state index in [1.807, 2.05) is 0 Å². The van der Waals surface area contributed by atoms with Gasteiger partial charge in [0.25, 0.3) is 0 Å². The van der Waals surface area contributed by atoms with Crippen molar-refractivity contribution in [1.29, 1.82) is 0 Å². The van der Waals surface area contributed by atoms with Gasteiger partial charge in [-0.2, -0.15) is 139 Å². The summed E-state index contributed by atoms with van der Waals surface area (Å²) in [6.45, 7) is 0. The standard InChI is InChI=1S/C7H12O2S11/c8-1(9)2(10)3(11,12)5(15,16)7(19,20)6(17,18)4(2,13)14/h10-20H,(H,8,9).